The smallest absolute Gasteiger partial charge is 0.266 e. The molecule has 3 rings (SSSR count). The van der Waals surface area contributed by atoms with Crippen LogP contribution in [0.4, 0.5) is 5.69 Å². The monoisotopic (exact) mass is 524 g/mol. The van der Waals surface area contributed by atoms with Crippen LogP contribution in [0.2, 0.25) is 10.0 Å². The topological polar surface area (TPSA) is 80.6 Å². The van der Waals surface area contributed by atoms with Crippen LogP contribution >= 0.6 is 23.2 Å². The summed E-state index contributed by atoms with van der Waals surface area (Å²) in [6.07, 6.45) is 1.35. The van der Waals surface area contributed by atoms with Gasteiger partial charge in [-0.1, -0.05) is 41.4 Å². The quantitative estimate of drug-likeness (QED) is 0.222. The molecular formula is C28H26Cl2N2O4. The Morgan fingerprint density at radius 2 is 1.78 bits per heavy atom. The Labute approximate surface area is 221 Å². The molecule has 0 fully saturated rings. The fraction of sp³-hybridized carbons (Fsp3) is 0.214. The molecule has 186 valence electrons. The molecule has 0 aliphatic carbocycles. The van der Waals surface area contributed by atoms with Gasteiger partial charge in [0.05, 0.1) is 17.7 Å². The van der Waals surface area contributed by atoms with Gasteiger partial charge in [0.2, 0.25) is 0 Å². The summed E-state index contributed by atoms with van der Waals surface area (Å²) in [6.45, 7) is 6.34. The van der Waals surface area contributed by atoms with Crippen molar-refractivity contribution in [1.29, 1.82) is 5.26 Å². The fourth-order valence-electron chi connectivity index (χ4n) is 3.21. The zero-order chi connectivity index (χ0) is 26.1. The molecule has 0 spiro atoms. The molecule has 6 nitrogen and oxygen atoms in total. The largest absolute Gasteiger partial charge is 0.490 e. The second-order valence-electron chi connectivity index (χ2n) is 7.96. The van der Waals surface area contributed by atoms with Gasteiger partial charge in [0.1, 0.15) is 24.0 Å². The van der Waals surface area contributed by atoms with Crippen molar-refractivity contribution in [2.24, 2.45) is 0 Å². The van der Waals surface area contributed by atoms with Crippen LogP contribution in [0.3, 0.4) is 0 Å². The van der Waals surface area contributed by atoms with E-state index in [4.69, 9.17) is 37.4 Å². The molecule has 0 aromatic heterocycles. The normalized spacial score (nSPS) is 11.1. The highest BCUT2D eigenvalue weighted by Crippen LogP contribution is 2.38. The fourth-order valence-corrected chi connectivity index (χ4v) is 3.66. The van der Waals surface area contributed by atoms with E-state index < -0.39 is 5.91 Å². The van der Waals surface area contributed by atoms with Gasteiger partial charge in [0.25, 0.3) is 5.91 Å². The summed E-state index contributed by atoms with van der Waals surface area (Å²) in [6, 6.07) is 19.5. The minimum Gasteiger partial charge on any atom is -0.490 e. The van der Waals surface area contributed by atoms with Crippen LogP contribution in [0, 0.1) is 11.3 Å². The second-order valence-corrected chi connectivity index (χ2v) is 8.77. The van der Waals surface area contributed by atoms with Gasteiger partial charge in [-0.2, -0.15) is 5.26 Å². The Morgan fingerprint density at radius 3 is 2.42 bits per heavy atom. The van der Waals surface area contributed by atoms with Crippen LogP contribution in [0.15, 0.2) is 66.2 Å². The van der Waals surface area contributed by atoms with Crippen LogP contribution in [-0.4, -0.2) is 18.6 Å². The number of hydrogen-bond acceptors (Lipinski definition) is 5. The summed E-state index contributed by atoms with van der Waals surface area (Å²) >= 11 is 12.6. The van der Waals surface area contributed by atoms with Crippen LogP contribution in [-0.2, 0) is 11.4 Å². The molecule has 8 heteroatoms. The molecule has 0 unspecified atom stereocenters. The first kappa shape index (κ1) is 26.9. The number of nitrogens with one attached hydrogen (secondary N) is 1. The number of hydrogen-bond donors (Lipinski definition) is 1. The van der Waals surface area contributed by atoms with E-state index in [1.54, 1.807) is 42.5 Å². The number of rotatable bonds is 10. The van der Waals surface area contributed by atoms with Gasteiger partial charge in [0, 0.05) is 16.3 Å². The summed E-state index contributed by atoms with van der Waals surface area (Å²) in [5.74, 6) is 0.921. The van der Waals surface area contributed by atoms with E-state index in [2.05, 4.69) is 5.32 Å². The SMILES string of the molecule is CCOc1cc(/C=C(\C#N)C(=O)Nc2ccc(OCc3ccccc3Cl)cc2)cc(Cl)c1OC(C)C. The van der Waals surface area contributed by atoms with Crippen LogP contribution in [0.25, 0.3) is 6.08 Å². The molecule has 0 aliphatic rings. The summed E-state index contributed by atoms with van der Waals surface area (Å²) in [7, 11) is 0. The summed E-state index contributed by atoms with van der Waals surface area (Å²) in [4.78, 5) is 12.8. The second kappa shape index (κ2) is 12.9. The van der Waals surface area contributed by atoms with E-state index in [1.807, 2.05) is 45.0 Å². The minimum atomic E-state index is -0.557. The first-order valence-electron chi connectivity index (χ1n) is 11.3. The minimum absolute atomic E-state index is 0.0925. The lowest BCUT2D eigenvalue weighted by Crippen LogP contribution is -2.13. The van der Waals surface area contributed by atoms with Gasteiger partial charge in [0.15, 0.2) is 11.5 Å². The number of benzene rings is 3. The number of ether oxygens (including phenoxy) is 3. The van der Waals surface area contributed by atoms with Crippen molar-refractivity contribution in [3.63, 3.8) is 0 Å². The van der Waals surface area contributed by atoms with Crippen molar-refractivity contribution in [3.05, 3.63) is 87.4 Å². The number of anilines is 1. The maximum atomic E-state index is 12.8. The van der Waals surface area contributed by atoms with E-state index in [0.717, 1.165) is 5.56 Å². The standard InChI is InChI=1S/C28H26Cl2N2O4/c1-4-34-26-15-19(14-25(30)27(26)36-18(2)3)13-21(16-31)28(33)32-22-9-11-23(12-10-22)35-17-20-7-5-6-8-24(20)29/h5-15,18H,4,17H2,1-3H3,(H,32,33)/b21-13+. The number of carbonyl (C=O) groups excluding carboxylic acids is 1. The van der Waals surface area contributed by atoms with Gasteiger partial charge in [-0.25, -0.2) is 0 Å². The molecule has 1 amide bonds. The van der Waals surface area contributed by atoms with Crippen LogP contribution < -0.4 is 19.5 Å². The highest BCUT2D eigenvalue weighted by atomic mass is 35.5. The third-order valence-electron chi connectivity index (χ3n) is 4.83. The number of nitrogens with zero attached hydrogens (tertiary/aromatic N) is 1. The van der Waals surface area contributed by atoms with Gasteiger partial charge in [-0.05, 0) is 74.9 Å². The lowest BCUT2D eigenvalue weighted by molar-refractivity contribution is -0.112. The Morgan fingerprint density at radius 1 is 1.06 bits per heavy atom. The molecule has 0 aliphatic heterocycles. The summed E-state index contributed by atoms with van der Waals surface area (Å²) < 4.78 is 17.2. The predicted molar refractivity (Wildman–Crippen MR) is 143 cm³/mol. The number of carbonyl (C=O) groups is 1. The Bertz CT molecular complexity index is 1280. The molecule has 3 aromatic carbocycles. The number of halogens is 2. The van der Waals surface area contributed by atoms with Crippen LogP contribution in [0.1, 0.15) is 31.9 Å². The zero-order valence-electron chi connectivity index (χ0n) is 20.2. The van der Waals surface area contributed by atoms with Crippen LogP contribution in [0.5, 0.6) is 17.2 Å². The van der Waals surface area contributed by atoms with Crippen molar-refractivity contribution < 1.29 is 19.0 Å². The van der Waals surface area contributed by atoms with E-state index in [0.29, 0.717) is 51.8 Å². The van der Waals surface area contributed by atoms with Gasteiger partial charge in [-0.3, -0.25) is 4.79 Å². The molecule has 3 aromatic rings. The van der Waals surface area contributed by atoms with Crippen molar-refractivity contribution >= 4 is 40.9 Å². The molecule has 0 saturated heterocycles. The lowest BCUT2D eigenvalue weighted by atomic mass is 10.1. The summed E-state index contributed by atoms with van der Waals surface area (Å²) in [5, 5.41) is 13.3. The summed E-state index contributed by atoms with van der Waals surface area (Å²) in [5.41, 5.74) is 1.83. The zero-order valence-corrected chi connectivity index (χ0v) is 21.7. The number of amides is 1. The highest BCUT2D eigenvalue weighted by Gasteiger charge is 2.16. The molecule has 0 radical (unpaired) electrons. The molecule has 1 N–H and O–H groups in total. The van der Waals surface area contributed by atoms with E-state index in [1.165, 1.54) is 6.08 Å². The van der Waals surface area contributed by atoms with E-state index >= 15 is 0 Å². The van der Waals surface area contributed by atoms with Crippen molar-refractivity contribution in [2.45, 2.75) is 33.5 Å². The maximum absolute atomic E-state index is 12.8. The molecule has 0 heterocycles. The Balaban J connectivity index is 1.71. The van der Waals surface area contributed by atoms with E-state index in [-0.39, 0.29) is 11.7 Å². The predicted octanol–water partition coefficient (Wildman–Crippen LogP) is 7.30. The van der Waals surface area contributed by atoms with Crippen molar-refractivity contribution in [3.8, 4) is 23.3 Å². The lowest BCUT2D eigenvalue weighted by Gasteiger charge is -2.16. The third kappa shape index (κ3) is 7.42. The van der Waals surface area contributed by atoms with Gasteiger partial charge < -0.3 is 19.5 Å². The van der Waals surface area contributed by atoms with Crippen molar-refractivity contribution in [1.82, 2.24) is 0 Å². The average molecular weight is 525 g/mol. The molecule has 0 bridgehead atoms. The van der Waals surface area contributed by atoms with E-state index in [9.17, 15) is 10.1 Å². The van der Waals surface area contributed by atoms with Gasteiger partial charge >= 0.3 is 0 Å². The molecule has 0 saturated carbocycles. The number of nitriles is 1. The molecule has 36 heavy (non-hydrogen) atoms. The highest BCUT2D eigenvalue weighted by molar-refractivity contribution is 6.32. The average Bonchev–Trinajstić information content (AvgIpc) is 2.85. The third-order valence-corrected chi connectivity index (χ3v) is 5.48. The Hall–Kier alpha value is -3.66. The maximum Gasteiger partial charge on any atom is 0.266 e. The van der Waals surface area contributed by atoms with Gasteiger partial charge in [-0.15, -0.1) is 0 Å². The Kier molecular flexibility index (Phi) is 9.63. The van der Waals surface area contributed by atoms with Crippen molar-refractivity contribution in [2.75, 3.05) is 11.9 Å². The first-order valence-corrected chi connectivity index (χ1v) is 12.1. The molecule has 0 atom stereocenters. The first-order chi connectivity index (χ1) is 17.3. The molecular weight excluding hydrogens is 499 g/mol.